The zero-order valence-electron chi connectivity index (χ0n) is 15.6. The molecule has 0 spiro atoms. The Hall–Kier alpha value is 0.0200. The highest BCUT2D eigenvalue weighted by atomic mass is 31.1. The van der Waals surface area contributed by atoms with Gasteiger partial charge in [0, 0.05) is 4.57 Å². The van der Waals surface area contributed by atoms with E-state index >= 15 is 0 Å². The van der Waals surface area contributed by atoms with E-state index in [9.17, 15) is 4.57 Å². The minimum absolute atomic E-state index is 0.0921. The lowest BCUT2D eigenvalue weighted by molar-refractivity contribution is 0.192. The van der Waals surface area contributed by atoms with Crippen LogP contribution in [0, 0.1) is 0 Å². The zero-order valence-corrected chi connectivity index (χ0v) is 16.5. The van der Waals surface area contributed by atoms with Gasteiger partial charge >= 0.3 is 8.25 Å². The highest BCUT2D eigenvalue weighted by Crippen LogP contribution is 2.21. The first kappa shape index (κ1) is 23.0. The van der Waals surface area contributed by atoms with Gasteiger partial charge in [0.05, 0.1) is 0 Å². The van der Waals surface area contributed by atoms with E-state index in [4.69, 9.17) is 9.42 Å². The Morgan fingerprint density at radius 3 is 1.43 bits per heavy atom. The summed E-state index contributed by atoms with van der Waals surface area (Å²) in [4.78, 5) is 8.64. The van der Waals surface area contributed by atoms with Crippen LogP contribution in [0.2, 0.25) is 0 Å². The van der Waals surface area contributed by atoms with Crippen molar-refractivity contribution in [2.75, 3.05) is 0 Å². The van der Waals surface area contributed by atoms with Crippen LogP contribution in [0.1, 0.15) is 117 Å². The first-order valence-electron chi connectivity index (χ1n) is 9.99. The third kappa shape index (κ3) is 20.0. The van der Waals surface area contributed by atoms with Crippen LogP contribution >= 0.6 is 8.25 Å². The third-order valence-corrected chi connectivity index (χ3v) is 5.02. The van der Waals surface area contributed by atoms with E-state index < -0.39 is 8.25 Å². The van der Waals surface area contributed by atoms with Gasteiger partial charge in [-0.25, -0.2) is 0 Å². The molecular formula is C19H40O3P+. The van der Waals surface area contributed by atoms with Crippen LogP contribution in [0.15, 0.2) is 0 Å². The molecule has 0 amide bonds. The molecule has 23 heavy (non-hydrogen) atoms. The highest BCUT2D eigenvalue weighted by molar-refractivity contribution is 7.32. The minimum Gasteiger partial charge on any atom is -0.133 e. The van der Waals surface area contributed by atoms with E-state index in [2.05, 4.69) is 6.92 Å². The van der Waals surface area contributed by atoms with Gasteiger partial charge in [0.25, 0.3) is 0 Å². The molecule has 0 aromatic carbocycles. The Morgan fingerprint density at radius 1 is 0.739 bits per heavy atom. The predicted molar refractivity (Wildman–Crippen MR) is 99.9 cm³/mol. The smallest absolute Gasteiger partial charge is 0.133 e. The van der Waals surface area contributed by atoms with Crippen LogP contribution in [0.25, 0.3) is 0 Å². The van der Waals surface area contributed by atoms with Crippen molar-refractivity contribution in [3.8, 4) is 0 Å². The molecule has 0 aliphatic rings. The maximum absolute atomic E-state index is 10.5. The zero-order chi connectivity index (χ0) is 17.2. The molecule has 1 N–H and O–H groups in total. The molecule has 0 saturated heterocycles. The van der Waals surface area contributed by atoms with Gasteiger partial charge in [-0.3, -0.25) is 0 Å². The molecule has 0 aliphatic carbocycles. The average molecular weight is 347 g/mol. The summed E-state index contributed by atoms with van der Waals surface area (Å²) in [5.41, 5.74) is 0. The standard InChI is InChI=1S/C19H39O3P/c1-3-4-5-6-7-8-9-10-11-12-13-14-15-16-17-18-19(2)22-23(20)21/h19H,3-18H2,1-2H3/p+1. The van der Waals surface area contributed by atoms with E-state index in [1.54, 1.807) is 0 Å². The summed E-state index contributed by atoms with van der Waals surface area (Å²) < 4.78 is 15.3. The van der Waals surface area contributed by atoms with Gasteiger partial charge in [0.15, 0.2) is 0 Å². The summed E-state index contributed by atoms with van der Waals surface area (Å²) in [7, 11) is -2.43. The molecule has 2 atom stereocenters. The van der Waals surface area contributed by atoms with Crippen molar-refractivity contribution in [1.82, 2.24) is 0 Å². The molecule has 0 aromatic heterocycles. The largest absolute Gasteiger partial charge is 0.694 e. The monoisotopic (exact) mass is 347 g/mol. The molecule has 0 rings (SSSR count). The van der Waals surface area contributed by atoms with Crippen LogP contribution in [0.5, 0.6) is 0 Å². The second kappa shape index (κ2) is 18.4. The molecule has 0 radical (unpaired) electrons. The van der Waals surface area contributed by atoms with Gasteiger partial charge in [0.1, 0.15) is 6.10 Å². The SMILES string of the molecule is CCCCCCCCCCCCCCCCCC(C)O[P+](=O)O. The van der Waals surface area contributed by atoms with Gasteiger partial charge < -0.3 is 0 Å². The molecule has 0 fully saturated rings. The molecule has 0 heterocycles. The van der Waals surface area contributed by atoms with Crippen LogP contribution in [-0.4, -0.2) is 11.0 Å². The van der Waals surface area contributed by atoms with Crippen LogP contribution in [0.3, 0.4) is 0 Å². The van der Waals surface area contributed by atoms with Crippen molar-refractivity contribution < 1.29 is 14.0 Å². The van der Waals surface area contributed by atoms with Crippen molar-refractivity contribution in [2.24, 2.45) is 0 Å². The predicted octanol–water partition coefficient (Wildman–Crippen LogP) is 7.30. The second-order valence-electron chi connectivity index (χ2n) is 6.89. The van der Waals surface area contributed by atoms with Crippen molar-refractivity contribution in [3.63, 3.8) is 0 Å². The fourth-order valence-electron chi connectivity index (χ4n) is 3.01. The quantitative estimate of drug-likeness (QED) is 0.209. The van der Waals surface area contributed by atoms with E-state index in [1.165, 1.54) is 89.9 Å². The Bertz CT molecular complexity index is 259. The summed E-state index contributed by atoms with van der Waals surface area (Å²) in [5, 5.41) is 0. The molecule has 3 nitrogen and oxygen atoms in total. The lowest BCUT2D eigenvalue weighted by Gasteiger charge is -2.05. The van der Waals surface area contributed by atoms with E-state index in [-0.39, 0.29) is 6.10 Å². The van der Waals surface area contributed by atoms with Crippen LogP contribution < -0.4 is 0 Å². The van der Waals surface area contributed by atoms with Gasteiger partial charge in [-0.05, 0) is 13.3 Å². The summed E-state index contributed by atoms with van der Waals surface area (Å²) >= 11 is 0. The second-order valence-corrected chi connectivity index (χ2v) is 7.58. The molecule has 2 unspecified atom stereocenters. The Balaban J connectivity index is 3.06. The van der Waals surface area contributed by atoms with Crippen molar-refractivity contribution >= 4 is 8.25 Å². The topological polar surface area (TPSA) is 46.5 Å². The molecule has 0 aliphatic heterocycles. The van der Waals surface area contributed by atoms with Crippen LogP contribution in [0.4, 0.5) is 0 Å². The fraction of sp³-hybridized carbons (Fsp3) is 1.00. The van der Waals surface area contributed by atoms with E-state index in [1.807, 2.05) is 6.92 Å². The van der Waals surface area contributed by atoms with E-state index in [0.29, 0.717) is 0 Å². The molecule has 138 valence electrons. The molecule has 0 bridgehead atoms. The molecular weight excluding hydrogens is 307 g/mol. The first-order chi connectivity index (χ1) is 11.2. The summed E-state index contributed by atoms with van der Waals surface area (Å²) in [5.74, 6) is 0. The van der Waals surface area contributed by atoms with Gasteiger partial charge in [-0.2, -0.15) is 0 Å². The first-order valence-corrected chi connectivity index (χ1v) is 11.1. The maximum atomic E-state index is 10.5. The highest BCUT2D eigenvalue weighted by Gasteiger charge is 2.17. The lowest BCUT2D eigenvalue weighted by Crippen LogP contribution is -2.02. The van der Waals surface area contributed by atoms with Gasteiger partial charge in [0.2, 0.25) is 0 Å². The summed E-state index contributed by atoms with van der Waals surface area (Å²) in [6.07, 6.45) is 21.2. The van der Waals surface area contributed by atoms with Crippen molar-refractivity contribution in [3.05, 3.63) is 0 Å². The Morgan fingerprint density at radius 2 is 1.09 bits per heavy atom. The number of unbranched alkanes of at least 4 members (excludes halogenated alkanes) is 14. The summed E-state index contributed by atoms with van der Waals surface area (Å²) in [6.45, 7) is 4.14. The summed E-state index contributed by atoms with van der Waals surface area (Å²) in [6, 6.07) is 0. The third-order valence-electron chi connectivity index (χ3n) is 4.48. The van der Waals surface area contributed by atoms with Crippen molar-refractivity contribution in [1.29, 1.82) is 0 Å². The Labute approximate surface area is 145 Å². The fourth-order valence-corrected chi connectivity index (χ4v) is 3.42. The number of hydrogen-bond donors (Lipinski definition) is 1. The van der Waals surface area contributed by atoms with E-state index in [0.717, 1.165) is 12.8 Å². The van der Waals surface area contributed by atoms with Gasteiger partial charge in [-0.1, -0.05) is 103 Å². The molecule has 4 heteroatoms. The molecule has 0 aromatic rings. The van der Waals surface area contributed by atoms with Gasteiger partial charge in [-0.15, -0.1) is 9.42 Å². The maximum Gasteiger partial charge on any atom is 0.694 e. The average Bonchev–Trinajstić information content (AvgIpc) is 2.50. The minimum atomic E-state index is -2.43. The van der Waals surface area contributed by atoms with Crippen LogP contribution in [-0.2, 0) is 9.09 Å². The van der Waals surface area contributed by atoms with Crippen molar-refractivity contribution in [2.45, 2.75) is 123 Å². The normalized spacial score (nSPS) is 13.3. The molecule has 0 saturated carbocycles. The number of hydrogen-bond acceptors (Lipinski definition) is 2. The lowest BCUT2D eigenvalue weighted by atomic mass is 10.0. The Kier molecular flexibility index (Phi) is 18.4. The number of rotatable bonds is 18.